The molecule has 2 unspecified atom stereocenters. The van der Waals surface area contributed by atoms with E-state index >= 15 is 0 Å². The summed E-state index contributed by atoms with van der Waals surface area (Å²) in [4.78, 5) is 0. The van der Waals surface area contributed by atoms with Gasteiger partial charge in [0.1, 0.15) is 0 Å². The van der Waals surface area contributed by atoms with Crippen molar-refractivity contribution in [2.75, 3.05) is 0 Å². The van der Waals surface area contributed by atoms with Crippen molar-refractivity contribution in [2.45, 2.75) is 31.5 Å². The van der Waals surface area contributed by atoms with Gasteiger partial charge in [-0.05, 0) is 12.8 Å². The summed E-state index contributed by atoms with van der Waals surface area (Å²) in [5.74, 6) is 3.73. The minimum Gasteiger partial charge on any atom is -0.271 e. The minimum absolute atomic E-state index is 0.207. The minimum atomic E-state index is -4.09. The van der Waals surface area contributed by atoms with Crippen LogP contribution in [0.15, 0.2) is 0 Å². The monoisotopic (exact) mass is 168 g/mol. The van der Waals surface area contributed by atoms with Gasteiger partial charge in [-0.3, -0.25) is 11.3 Å². The summed E-state index contributed by atoms with van der Waals surface area (Å²) < 4.78 is 36.3. The summed E-state index contributed by atoms with van der Waals surface area (Å²) in [6.07, 6.45) is -2.74. The van der Waals surface area contributed by atoms with Crippen LogP contribution in [0.25, 0.3) is 0 Å². The first-order chi connectivity index (χ1) is 5.05. The first-order valence-electron chi connectivity index (χ1n) is 3.58. The molecule has 1 aliphatic carbocycles. The molecule has 2 atom stereocenters. The van der Waals surface area contributed by atoms with E-state index in [2.05, 4.69) is 5.43 Å². The predicted molar refractivity (Wildman–Crippen MR) is 34.5 cm³/mol. The third-order valence-corrected chi connectivity index (χ3v) is 2.15. The molecule has 0 spiro atoms. The smallest absolute Gasteiger partial charge is 0.271 e. The molecule has 1 saturated carbocycles. The van der Waals surface area contributed by atoms with Crippen LogP contribution in [0, 0.1) is 5.92 Å². The van der Waals surface area contributed by atoms with Gasteiger partial charge < -0.3 is 0 Å². The first kappa shape index (κ1) is 8.80. The van der Waals surface area contributed by atoms with E-state index in [1.807, 2.05) is 0 Å². The Morgan fingerprint density at radius 3 is 2.27 bits per heavy atom. The van der Waals surface area contributed by atoms with Gasteiger partial charge in [-0.1, -0.05) is 6.42 Å². The Morgan fingerprint density at radius 2 is 1.91 bits per heavy atom. The molecule has 1 fully saturated rings. The number of hydrazine groups is 1. The highest BCUT2D eigenvalue weighted by atomic mass is 19.4. The fraction of sp³-hybridized carbons (Fsp3) is 1.00. The SMILES string of the molecule is NNC1CCCC1C(F)(F)F. The van der Waals surface area contributed by atoms with Crippen LogP contribution < -0.4 is 11.3 Å². The van der Waals surface area contributed by atoms with Crippen LogP contribution in [0.3, 0.4) is 0 Å². The molecule has 11 heavy (non-hydrogen) atoms. The van der Waals surface area contributed by atoms with E-state index < -0.39 is 18.1 Å². The van der Waals surface area contributed by atoms with Crippen molar-refractivity contribution in [3.8, 4) is 0 Å². The Morgan fingerprint density at radius 1 is 1.27 bits per heavy atom. The molecule has 0 radical (unpaired) electrons. The second kappa shape index (κ2) is 2.98. The normalized spacial score (nSPS) is 32.7. The van der Waals surface area contributed by atoms with Crippen molar-refractivity contribution in [3.63, 3.8) is 0 Å². The van der Waals surface area contributed by atoms with Crippen molar-refractivity contribution in [1.82, 2.24) is 5.43 Å². The van der Waals surface area contributed by atoms with Crippen LogP contribution in [0.5, 0.6) is 0 Å². The van der Waals surface area contributed by atoms with Gasteiger partial charge in [0.2, 0.25) is 0 Å². The Hall–Kier alpha value is -0.290. The lowest BCUT2D eigenvalue weighted by Crippen LogP contribution is -2.43. The van der Waals surface area contributed by atoms with Crippen LogP contribution in [0.4, 0.5) is 13.2 Å². The van der Waals surface area contributed by atoms with Crippen molar-refractivity contribution in [1.29, 1.82) is 0 Å². The van der Waals surface area contributed by atoms with E-state index in [4.69, 9.17) is 5.84 Å². The van der Waals surface area contributed by atoms with Crippen LogP contribution >= 0.6 is 0 Å². The van der Waals surface area contributed by atoms with Crippen LogP contribution in [-0.4, -0.2) is 12.2 Å². The zero-order valence-electron chi connectivity index (χ0n) is 5.99. The largest absolute Gasteiger partial charge is 0.393 e. The quantitative estimate of drug-likeness (QED) is 0.455. The van der Waals surface area contributed by atoms with Gasteiger partial charge in [0.25, 0.3) is 0 Å². The van der Waals surface area contributed by atoms with Gasteiger partial charge in [0, 0.05) is 6.04 Å². The van der Waals surface area contributed by atoms with Crippen molar-refractivity contribution in [3.05, 3.63) is 0 Å². The molecule has 0 heterocycles. The molecule has 0 saturated heterocycles. The van der Waals surface area contributed by atoms with Crippen molar-refractivity contribution < 1.29 is 13.2 Å². The molecule has 3 N–H and O–H groups in total. The van der Waals surface area contributed by atoms with Crippen LogP contribution in [0.1, 0.15) is 19.3 Å². The van der Waals surface area contributed by atoms with E-state index in [1.165, 1.54) is 0 Å². The van der Waals surface area contributed by atoms with E-state index in [1.54, 1.807) is 0 Å². The maximum atomic E-state index is 12.1. The zero-order chi connectivity index (χ0) is 8.48. The Kier molecular flexibility index (Phi) is 2.39. The van der Waals surface area contributed by atoms with Gasteiger partial charge in [0.15, 0.2) is 0 Å². The summed E-state index contributed by atoms with van der Waals surface area (Å²) in [7, 11) is 0. The molecule has 0 aromatic heterocycles. The molecule has 0 bridgehead atoms. The highest BCUT2D eigenvalue weighted by Gasteiger charge is 2.46. The molecular weight excluding hydrogens is 157 g/mol. The molecule has 0 aromatic carbocycles. The summed E-state index contributed by atoms with van der Waals surface area (Å²) in [6, 6.07) is -0.574. The lowest BCUT2D eigenvalue weighted by Gasteiger charge is -2.20. The fourth-order valence-corrected chi connectivity index (χ4v) is 1.55. The second-order valence-corrected chi connectivity index (χ2v) is 2.85. The van der Waals surface area contributed by atoms with Gasteiger partial charge in [-0.2, -0.15) is 13.2 Å². The lowest BCUT2D eigenvalue weighted by molar-refractivity contribution is -0.177. The summed E-state index contributed by atoms with van der Waals surface area (Å²) >= 11 is 0. The van der Waals surface area contributed by atoms with Crippen LogP contribution in [0.2, 0.25) is 0 Å². The second-order valence-electron chi connectivity index (χ2n) is 2.85. The van der Waals surface area contributed by atoms with Gasteiger partial charge in [-0.25, -0.2) is 0 Å². The van der Waals surface area contributed by atoms with Crippen molar-refractivity contribution in [2.24, 2.45) is 11.8 Å². The maximum absolute atomic E-state index is 12.1. The average Bonchev–Trinajstić information content (AvgIpc) is 2.31. The molecule has 66 valence electrons. The van der Waals surface area contributed by atoms with Crippen LogP contribution in [-0.2, 0) is 0 Å². The number of hydrogen-bond donors (Lipinski definition) is 2. The predicted octanol–water partition coefficient (Wildman–Crippen LogP) is 1.18. The standard InChI is InChI=1S/C6H11F3N2/c7-6(8,9)4-2-1-3-5(4)11-10/h4-5,11H,1-3,10H2. The molecule has 2 nitrogen and oxygen atoms in total. The number of hydrogen-bond acceptors (Lipinski definition) is 2. The summed E-state index contributed by atoms with van der Waals surface area (Å²) in [6.45, 7) is 0. The van der Waals surface area contributed by atoms with Gasteiger partial charge in [0.05, 0.1) is 5.92 Å². The van der Waals surface area contributed by atoms with Gasteiger partial charge in [-0.15, -0.1) is 0 Å². The number of nitrogens with two attached hydrogens (primary N) is 1. The Bertz CT molecular complexity index is 134. The fourth-order valence-electron chi connectivity index (χ4n) is 1.55. The number of halogens is 3. The molecule has 1 rings (SSSR count). The number of alkyl halides is 3. The zero-order valence-corrected chi connectivity index (χ0v) is 5.99. The lowest BCUT2D eigenvalue weighted by atomic mass is 10.0. The maximum Gasteiger partial charge on any atom is 0.393 e. The Labute approximate surface area is 62.9 Å². The highest BCUT2D eigenvalue weighted by molar-refractivity contribution is 4.85. The first-order valence-corrected chi connectivity index (χ1v) is 3.58. The topological polar surface area (TPSA) is 38.0 Å². The van der Waals surface area contributed by atoms with E-state index in [-0.39, 0.29) is 6.42 Å². The molecule has 0 aliphatic heterocycles. The van der Waals surface area contributed by atoms with E-state index in [0.29, 0.717) is 12.8 Å². The highest BCUT2D eigenvalue weighted by Crippen LogP contribution is 2.38. The third kappa shape index (κ3) is 1.84. The van der Waals surface area contributed by atoms with Crippen molar-refractivity contribution >= 4 is 0 Å². The molecule has 1 aliphatic rings. The number of rotatable bonds is 1. The van der Waals surface area contributed by atoms with E-state index in [0.717, 1.165) is 0 Å². The number of nitrogens with one attached hydrogen (secondary N) is 1. The third-order valence-electron chi connectivity index (χ3n) is 2.15. The molecule has 5 heteroatoms. The molecule has 0 amide bonds. The molecular formula is C6H11F3N2. The Balaban J connectivity index is 2.57. The summed E-state index contributed by atoms with van der Waals surface area (Å²) in [5, 5.41) is 0. The summed E-state index contributed by atoms with van der Waals surface area (Å²) in [5.41, 5.74) is 2.20. The van der Waals surface area contributed by atoms with Gasteiger partial charge >= 0.3 is 6.18 Å². The molecule has 0 aromatic rings. The van der Waals surface area contributed by atoms with E-state index in [9.17, 15) is 13.2 Å². The average molecular weight is 168 g/mol.